The van der Waals surface area contributed by atoms with Crippen LogP contribution in [0.1, 0.15) is 14.5 Å². The van der Waals surface area contributed by atoms with Crippen molar-refractivity contribution in [1.29, 1.82) is 0 Å². The van der Waals surface area contributed by atoms with E-state index in [1.807, 2.05) is 0 Å². The molecule has 0 saturated heterocycles. The summed E-state index contributed by atoms with van der Waals surface area (Å²) in [6, 6.07) is 7.97. The number of anilines is 1. The number of nitrogens with one attached hydrogen (secondary N) is 1. The molecular weight excluding hydrogens is 321 g/mol. The highest BCUT2D eigenvalue weighted by atomic mass is 79.9. The maximum absolute atomic E-state index is 13.5. The Labute approximate surface area is 115 Å². The molecule has 2 aromatic rings. The van der Waals surface area contributed by atoms with Crippen LogP contribution in [0.2, 0.25) is 0 Å². The number of halogens is 2. The molecule has 0 spiro atoms. The van der Waals surface area contributed by atoms with E-state index in [4.69, 9.17) is 5.11 Å². The summed E-state index contributed by atoms with van der Waals surface area (Å²) in [7, 11) is 0. The van der Waals surface area contributed by atoms with E-state index in [2.05, 4.69) is 21.2 Å². The average Bonchev–Trinajstić information content (AvgIpc) is 2.77. The second kappa shape index (κ2) is 5.49. The van der Waals surface area contributed by atoms with Crippen LogP contribution in [0.5, 0.6) is 0 Å². The van der Waals surface area contributed by atoms with E-state index >= 15 is 0 Å². The van der Waals surface area contributed by atoms with Crippen LogP contribution in [-0.4, -0.2) is 11.1 Å². The minimum Gasteiger partial charge on any atom is -0.477 e. The zero-order valence-corrected chi connectivity index (χ0v) is 11.5. The number of hydrogen-bond acceptors (Lipinski definition) is 3. The molecule has 0 aliphatic carbocycles. The van der Waals surface area contributed by atoms with E-state index in [0.29, 0.717) is 16.7 Å². The third-order valence-electron chi connectivity index (χ3n) is 2.27. The van der Waals surface area contributed by atoms with Crippen LogP contribution in [0.3, 0.4) is 0 Å². The van der Waals surface area contributed by atoms with Gasteiger partial charge in [-0.1, -0.05) is 6.07 Å². The van der Waals surface area contributed by atoms with E-state index in [1.165, 1.54) is 17.4 Å². The molecule has 1 aromatic carbocycles. The van der Waals surface area contributed by atoms with E-state index < -0.39 is 5.97 Å². The summed E-state index contributed by atoms with van der Waals surface area (Å²) in [5, 5.41) is 11.7. The molecule has 0 aliphatic heterocycles. The molecule has 94 valence electrons. The van der Waals surface area contributed by atoms with Gasteiger partial charge in [-0.3, -0.25) is 0 Å². The van der Waals surface area contributed by atoms with Crippen LogP contribution in [0, 0.1) is 5.82 Å². The summed E-state index contributed by atoms with van der Waals surface area (Å²) >= 11 is 4.43. The van der Waals surface area contributed by atoms with Gasteiger partial charge < -0.3 is 10.4 Å². The highest BCUT2D eigenvalue weighted by Crippen LogP contribution is 2.26. The lowest BCUT2D eigenvalue weighted by atomic mass is 10.3. The van der Waals surface area contributed by atoms with Crippen LogP contribution >= 0.6 is 27.3 Å². The van der Waals surface area contributed by atoms with Crippen molar-refractivity contribution in [3.63, 3.8) is 0 Å². The predicted octanol–water partition coefficient (Wildman–Crippen LogP) is 3.96. The number of thiophene rings is 1. The minimum atomic E-state index is -0.946. The quantitative estimate of drug-likeness (QED) is 0.892. The molecule has 3 nitrogen and oxygen atoms in total. The molecule has 0 aliphatic rings. The maximum atomic E-state index is 13.5. The Kier molecular flexibility index (Phi) is 3.98. The van der Waals surface area contributed by atoms with Crippen LogP contribution in [0.4, 0.5) is 10.1 Å². The minimum absolute atomic E-state index is 0.277. The molecule has 0 bridgehead atoms. The van der Waals surface area contributed by atoms with Gasteiger partial charge >= 0.3 is 5.97 Å². The van der Waals surface area contributed by atoms with Crippen LogP contribution in [0.25, 0.3) is 0 Å². The van der Waals surface area contributed by atoms with Gasteiger partial charge in [-0.05, 0) is 40.2 Å². The SMILES string of the molecule is O=C(O)c1ccc(CNc2c(F)cccc2Br)s1. The maximum Gasteiger partial charge on any atom is 0.345 e. The highest BCUT2D eigenvalue weighted by Gasteiger charge is 2.09. The van der Waals surface area contributed by atoms with Crippen LogP contribution < -0.4 is 5.32 Å². The summed E-state index contributed by atoms with van der Waals surface area (Å²) in [5.74, 6) is -1.29. The molecule has 0 amide bonds. The lowest BCUT2D eigenvalue weighted by Crippen LogP contribution is -2.00. The standard InChI is InChI=1S/C12H9BrFNO2S/c13-8-2-1-3-9(14)11(8)15-6-7-4-5-10(18-7)12(16)17/h1-5,15H,6H2,(H,16,17). The third kappa shape index (κ3) is 2.88. The smallest absolute Gasteiger partial charge is 0.345 e. The van der Waals surface area contributed by atoms with Crippen molar-refractivity contribution in [2.24, 2.45) is 0 Å². The highest BCUT2D eigenvalue weighted by molar-refractivity contribution is 9.10. The van der Waals surface area contributed by atoms with Gasteiger partial charge in [0, 0.05) is 15.9 Å². The molecule has 1 heterocycles. The molecule has 0 saturated carbocycles. The van der Waals surface area contributed by atoms with Crippen LogP contribution in [0.15, 0.2) is 34.8 Å². The fourth-order valence-corrected chi connectivity index (χ4v) is 2.70. The molecule has 2 N–H and O–H groups in total. The van der Waals surface area contributed by atoms with Gasteiger partial charge in [0.1, 0.15) is 10.7 Å². The predicted molar refractivity (Wildman–Crippen MR) is 72.7 cm³/mol. The monoisotopic (exact) mass is 329 g/mol. The van der Waals surface area contributed by atoms with Crippen molar-refractivity contribution in [3.8, 4) is 0 Å². The first-order valence-electron chi connectivity index (χ1n) is 5.08. The van der Waals surface area contributed by atoms with Gasteiger partial charge in [-0.15, -0.1) is 11.3 Å². The van der Waals surface area contributed by atoms with Crippen LogP contribution in [-0.2, 0) is 6.54 Å². The number of carboxylic acid groups (broad SMARTS) is 1. The Balaban J connectivity index is 2.09. The average molecular weight is 330 g/mol. The zero-order valence-electron chi connectivity index (χ0n) is 9.11. The summed E-state index contributed by atoms with van der Waals surface area (Å²) in [6.07, 6.45) is 0. The van der Waals surface area contributed by atoms with Gasteiger partial charge in [0.2, 0.25) is 0 Å². The van der Waals surface area contributed by atoms with Gasteiger partial charge in [0.15, 0.2) is 0 Å². The second-order valence-electron chi connectivity index (χ2n) is 3.52. The Hall–Kier alpha value is -1.40. The Morgan fingerprint density at radius 3 is 2.78 bits per heavy atom. The van der Waals surface area contributed by atoms with E-state index in [0.717, 1.165) is 4.88 Å². The first-order chi connectivity index (χ1) is 8.58. The van der Waals surface area contributed by atoms with E-state index in [1.54, 1.807) is 24.3 Å². The number of carboxylic acids is 1. The Morgan fingerprint density at radius 1 is 1.39 bits per heavy atom. The van der Waals surface area contributed by atoms with Crippen molar-refractivity contribution < 1.29 is 14.3 Å². The Morgan fingerprint density at radius 2 is 2.17 bits per heavy atom. The van der Waals surface area contributed by atoms with Crippen molar-refractivity contribution in [1.82, 2.24) is 0 Å². The van der Waals surface area contributed by atoms with E-state index in [9.17, 15) is 9.18 Å². The first-order valence-corrected chi connectivity index (χ1v) is 6.69. The fourth-order valence-electron chi connectivity index (χ4n) is 1.43. The molecule has 0 fully saturated rings. The molecule has 0 radical (unpaired) electrons. The van der Waals surface area contributed by atoms with Gasteiger partial charge in [0.25, 0.3) is 0 Å². The summed E-state index contributed by atoms with van der Waals surface area (Å²) in [4.78, 5) is 11.8. The normalized spacial score (nSPS) is 10.3. The topological polar surface area (TPSA) is 49.3 Å². The number of benzene rings is 1. The zero-order chi connectivity index (χ0) is 13.1. The fraction of sp³-hybridized carbons (Fsp3) is 0.0833. The second-order valence-corrected chi connectivity index (χ2v) is 5.54. The number of hydrogen-bond donors (Lipinski definition) is 2. The van der Waals surface area contributed by atoms with Crippen molar-refractivity contribution in [3.05, 3.63) is 50.4 Å². The summed E-state index contributed by atoms with van der Waals surface area (Å²) in [5.41, 5.74) is 0.378. The van der Waals surface area contributed by atoms with Gasteiger partial charge in [-0.2, -0.15) is 0 Å². The summed E-state index contributed by atoms with van der Waals surface area (Å²) < 4.78 is 14.1. The van der Waals surface area contributed by atoms with Gasteiger partial charge in [-0.25, -0.2) is 9.18 Å². The molecular formula is C12H9BrFNO2S. The van der Waals surface area contributed by atoms with Crippen molar-refractivity contribution in [2.45, 2.75) is 6.54 Å². The lowest BCUT2D eigenvalue weighted by Gasteiger charge is -2.08. The number of aromatic carboxylic acids is 1. The largest absolute Gasteiger partial charge is 0.477 e. The molecule has 0 unspecified atom stereocenters. The lowest BCUT2D eigenvalue weighted by molar-refractivity contribution is 0.0702. The van der Waals surface area contributed by atoms with Gasteiger partial charge in [0.05, 0.1) is 5.69 Å². The number of para-hydroxylation sites is 1. The number of carbonyl (C=O) groups is 1. The molecule has 2 rings (SSSR count). The Bertz CT molecular complexity index is 565. The number of rotatable bonds is 4. The molecule has 1 aromatic heterocycles. The first kappa shape index (κ1) is 13.0. The van der Waals surface area contributed by atoms with E-state index in [-0.39, 0.29) is 10.7 Å². The van der Waals surface area contributed by atoms with Crippen molar-refractivity contribution in [2.75, 3.05) is 5.32 Å². The third-order valence-corrected chi connectivity index (χ3v) is 4.01. The summed E-state index contributed by atoms with van der Waals surface area (Å²) in [6.45, 7) is 0.386. The van der Waals surface area contributed by atoms with Crippen molar-refractivity contribution >= 4 is 38.9 Å². The molecule has 18 heavy (non-hydrogen) atoms. The molecule has 0 atom stereocenters. The molecule has 6 heteroatoms.